The third kappa shape index (κ3) is 3.44. The number of nitrogens with zero attached hydrogens (tertiary/aromatic N) is 2. The van der Waals surface area contributed by atoms with Crippen molar-refractivity contribution in [3.63, 3.8) is 0 Å². The van der Waals surface area contributed by atoms with Gasteiger partial charge < -0.3 is 5.73 Å². The Kier molecular flexibility index (Phi) is 5.13. The Bertz CT molecular complexity index is 484. The largest absolute Gasteiger partial charge is 0.399 e. The van der Waals surface area contributed by atoms with Gasteiger partial charge in [-0.1, -0.05) is 26.0 Å². The molecule has 0 aliphatic carbocycles. The van der Waals surface area contributed by atoms with Crippen LogP contribution in [0, 0.1) is 0 Å². The Morgan fingerprint density at radius 2 is 1.83 bits per heavy atom. The highest BCUT2D eigenvalue weighted by Gasteiger charge is 2.24. The molecule has 0 aromatic heterocycles. The van der Waals surface area contributed by atoms with Crippen molar-refractivity contribution >= 4 is 15.9 Å². The van der Waals surface area contributed by atoms with Crippen LogP contribution in [0.15, 0.2) is 24.3 Å². The fraction of sp³-hybridized carbons (Fsp3) is 0.500. The highest BCUT2D eigenvalue weighted by molar-refractivity contribution is 7.86. The summed E-state index contributed by atoms with van der Waals surface area (Å²) in [5.74, 6) is 0. The van der Waals surface area contributed by atoms with Gasteiger partial charge in [-0.15, -0.1) is 0 Å². The third-order valence-corrected chi connectivity index (χ3v) is 4.87. The van der Waals surface area contributed by atoms with Crippen LogP contribution in [0.2, 0.25) is 0 Å². The van der Waals surface area contributed by atoms with Crippen LogP contribution in [-0.2, 0) is 16.8 Å². The van der Waals surface area contributed by atoms with Crippen LogP contribution in [0.1, 0.15) is 19.4 Å². The zero-order valence-corrected chi connectivity index (χ0v) is 11.9. The summed E-state index contributed by atoms with van der Waals surface area (Å²) in [5, 5.41) is 0. The van der Waals surface area contributed by atoms with Gasteiger partial charge >= 0.3 is 0 Å². The summed E-state index contributed by atoms with van der Waals surface area (Å²) < 4.78 is 27.2. The summed E-state index contributed by atoms with van der Waals surface area (Å²) >= 11 is 0. The average Bonchev–Trinajstić information content (AvgIpc) is 2.30. The molecule has 0 fully saturated rings. The molecule has 0 bridgehead atoms. The van der Waals surface area contributed by atoms with Gasteiger partial charge in [0.2, 0.25) is 0 Å². The lowest BCUT2D eigenvalue weighted by molar-refractivity contribution is 0.375. The predicted molar refractivity (Wildman–Crippen MR) is 74.2 cm³/mol. The van der Waals surface area contributed by atoms with Gasteiger partial charge in [-0.2, -0.15) is 17.0 Å². The molecule has 1 rings (SSSR count). The minimum absolute atomic E-state index is 0.323. The Balaban J connectivity index is 2.85. The van der Waals surface area contributed by atoms with Gasteiger partial charge in [-0.05, 0) is 17.7 Å². The SMILES string of the molecule is CCN(CC)S(=O)(=O)N(C)Cc1cccc(N)c1. The van der Waals surface area contributed by atoms with Crippen molar-refractivity contribution in [2.24, 2.45) is 0 Å². The van der Waals surface area contributed by atoms with Crippen molar-refractivity contribution < 1.29 is 8.42 Å². The first-order chi connectivity index (χ1) is 8.41. The Hall–Kier alpha value is -1.11. The van der Waals surface area contributed by atoms with Crippen LogP contribution < -0.4 is 5.73 Å². The smallest absolute Gasteiger partial charge is 0.282 e. The molecule has 0 saturated heterocycles. The van der Waals surface area contributed by atoms with Crippen molar-refractivity contribution in [1.29, 1.82) is 0 Å². The molecule has 18 heavy (non-hydrogen) atoms. The molecule has 0 aliphatic heterocycles. The maximum Gasteiger partial charge on any atom is 0.282 e. The Morgan fingerprint density at radius 3 is 2.33 bits per heavy atom. The molecule has 1 aromatic carbocycles. The van der Waals surface area contributed by atoms with E-state index >= 15 is 0 Å². The molecule has 102 valence electrons. The second kappa shape index (κ2) is 6.17. The number of rotatable bonds is 6. The molecular weight excluding hydrogens is 250 g/mol. The maximum atomic E-state index is 12.2. The van der Waals surface area contributed by atoms with E-state index in [0.29, 0.717) is 25.3 Å². The molecule has 5 nitrogen and oxygen atoms in total. The van der Waals surface area contributed by atoms with Crippen LogP contribution in [0.5, 0.6) is 0 Å². The first kappa shape index (κ1) is 14.9. The second-order valence-corrected chi connectivity index (χ2v) is 6.13. The van der Waals surface area contributed by atoms with Gasteiger partial charge in [0, 0.05) is 32.4 Å². The molecule has 0 saturated carbocycles. The van der Waals surface area contributed by atoms with Crippen LogP contribution in [0.25, 0.3) is 0 Å². The molecule has 0 aliphatic rings. The van der Waals surface area contributed by atoms with Crippen molar-refractivity contribution in [2.75, 3.05) is 25.9 Å². The molecule has 0 amide bonds. The molecule has 0 atom stereocenters. The predicted octanol–water partition coefficient (Wildman–Crippen LogP) is 1.29. The van der Waals surface area contributed by atoms with Crippen molar-refractivity contribution in [1.82, 2.24) is 8.61 Å². The van der Waals surface area contributed by atoms with E-state index in [1.54, 1.807) is 19.2 Å². The van der Waals surface area contributed by atoms with Gasteiger partial charge in [-0.25, -0.2) is 0 Å². The van der Waals surface area contributed by atoms with Crippen LogP contribution in [-0.4, -0.2) is 37.2 Å². The number of anilines is 1. The van der Waals surface area contributed by atoms with Gasteiger partial charge in [-0.3, -0.25) is 0 Å². The molecule has 0 unspecified atom stereocenters. The van der Waals surface area contributed by atoms with Gasteiger partial charge in [0.1, 0.15) is 0 Å². The van der Waals surface area contributed by atoms with E-state index in [4.69, 9.17) is 5.73 Å². The lowest BCUT2D eigenvalue weighted by atomic mass is 10.2. The van der Waals surface area contributed by atoms with E-state index in [9.17, 15) is 8.42 Å². The van der Waals surface area contributed by atoms with E-state index in [1.807, 2.05) is 26.0 Å². The topological polar surface area (TPSA) is 66.6 Å². The van der Waals surface area contributed by atoms with Gasteiger partial charge in [0.05, 0.1) is 0 Å². The Morgan fingerprint density at radius 1 is 1.22 bits per heavy atom. The summed E-state index contributed by atoms with van der Waals surface area (Å²) in [6.07, 6.45) is 0. The second-order valence-electron chi connectivity index (χ2n) is 4.09. The summed E-state index contributed by atoms with van der Waals surface area (Å²) in [7, 11) is -1.81. The zero-order chi connectivity index (χ0) is 13.8. The Labute approximate surface area is 109 Å². The van der Waals surface area contributed by atoms with Crippen LogP contribution in [0.4, 0.5) is 5.69 Å². The molecule has 0 spiro atoms. The van der Waals surface area contributed by atoms with Crippen LogP contribution >= 0.6 is 0 Å². The van der Waals surface area contributed by atoms with E-state index in [0.717, 1.165) is 5.56 Å². The van der Waals surface area contributed by atoms with Crippen molar-refractivity contribution in [3.8, 4) is 0 Å². The fourth-order valence-electron chi connectivity index (χ4n) is 1.78. The van der Waals surface area contributed by atoms with Gasteiger partial charge in [0.25, 0.3) is 10.2 Å². The van der Waals surface area contributed by atoms with E-state index < -0.39 is 10.2 Å². The molecule has 0 radical (unpaired) electrons. The lowest BCUT2D eigenvalue weighted by Gasteiger charge is -2.25. The van der Waals surface area contributed by atoms with E-state index in [1.165, 1.54) is 8.61 Å². The summed E-state index contributed by atoms with van der Waals surface area (Å²) in [5.41, 5.74) is 7.20. The first-order valence-corrected chi connectivity index (χ1v) is 7.37. The number of hydrogen-bond donors (Lipinski definition) is 1. The summed E-state index contributed by atoms with van der Waals surface area (Å²) in [4.78, 5) is 0. The molecule has 2 N–H and O–H groups in total. The highest BCUT2D eigenvalue weighted by atomic mass is 32.2. The standard InChI is InChI=1S/C12H21N3O2S/c1-4-15(5-2)18(16,17)14(3)10-11-7-6-8-12(13)9-11/h6-9H,4-5,10,13H2,1-3H3. The molecular formula is C12H21N3O2S. The van der Waals surface area contributed by atoms with E-state index in [-0.39, 0.29) is 0 Å². The fourth-order valence-corrected chi connectivity index (χ4v) is 3.14. The summed E-state index contributed by atoms with van der Waals surface area (Å²) in [6, 6.07) is 7.25. The van der Waals surface area contributed by atoms with E-state index in [2.05, 4.69) is 0 Å². The minimum Gasteiger partial charge on any atom is -0.399 e. The normalized spacial score (nSPS) is 12.3. The third-order valence-electron chi connectivity index (χ3n) is 2.78. The quantitative estimate of drug-likeness (QED) is 0.793. The monoisotopic (exact) mass is 271 g/mol. The molecule has 0 heterocycles. The number of hydrogen-bond acceptors (Lipinski definition) is 3. The number of nitrogen functional groups attached to an aromatic ring is 1. The van der Waals surface area contributed by atoms with Crippen molar-refractivity contribution in [3.05, 3.63) is 29.8 Å². The lowest BCUT2D eigenvalue weighted by Crippen LogP contribution is -2.41. The maximum absolute atomic E-state index is 12.2. The number of nitrogens with two attached hydrogens (primary N) is 1. The molecule has 6 heteroatoms. The average molecular weight is 271 g/mol. The summed E-state index contributed by atoms with van der Waals surface area (Å²) in [6.45, 7) is 4.93. The first-order valence-electron chi connectivity index (χ1n) is 5.97. The van der Waals surface area contributed by atoms with Crippen LogP contribution in [0.3, 0.4) is 0 Å². The minimum atomic E-state index is -3.39. The highest BCUT2D eigenvalue weighted by Crippen LogP contribution is 2.13. The van der Waals surface area contributed by atoms with Crippen molar-refractivity contribution in [2.45, 2.75) is 20.4 Å². The van der Waals surface area contributed by atoms with Gasteiger partial charge in [0.15, 0.2) is 0 Å². The molecule has 1 aromatic rings. The number of benzene rings is 1. The zero-order valence-electron chi connectivity index (χ0n) is 11.1.